The number of amides is 1. The maximum Gasteiger partial charge on any atom is 0.234 e. The highest BCUT2D eigenvalue weighted by atomic mass is 32.2. The van der Waals surface area contributed by atoms with Gasteiger partial charge < -0.3 is 14.5 Å². The molecule has 0 fully saturated rings. The van der Waals surface area contributed by atoms with E-state index in [2.05, 4.69) is 15.3 Å². The Morgan fingerprint density at radius 1 is 1.14 bits per heavy atom. The van der Waals surface area contributed by atoms with Crippen LogP contribution >= 0.6 is 11.8 Å². The monoisotopic (exact) mass is 405 g/mol. The second-order valence-electron chi connectivity index (χ2n) is 6.39. The van der Waals surface area contributed by atoms with Crippen LogP contribution in [0.3, 0.4) is 0 Å². The molecule has 0 unspecified atom stereocenters. The maximum absolute atomic E-state index is 12.6. The van der Waals surface area contributed by atoms with Crippen LogP contribution < -0.4 is 10.1 Å². The number of nitrogens with one attached hydrogen (secondary N) is 1. The number of anilines is 1. The third-order valence-electron chi connectivity index (χ3n) is 4.28. The highest BCUT2D eigenvalue weighted by Gasteiger charge is 2.14. The molecule has 29 heavy (non-hydrogen) atoms. The molecule has 0 radical (unpaired) electrons. The number of rotatable bonds is 6. The number of carbonyl (C=O) groups is 1. The van der Waals surface area contributed by atoms with E-state index in [1.807, 2.05) is 55.5 Å². The highest BCUT2D eigenvalue weighted by molar-refractivity contribution is 8.00. The molecule has 2 aromatic carbocycles. The minimum Gasteiger partial charge on any atom is -0.495 e. The van der Waals surface area contributed by atoms with Gasteiger partial charge in [-0.05, 0) is 42.8 Å². The van der Waals surface area contributed by atoms with Gasteiger partial charge in [-0.3, -0.25) is 4.79 Å². The molecule has 2 aromatic heterocycles. The second-order valence-corrected chi connectivity index (χ2v) is 7.35. The van der Waals surface area contributed by atoms with Crippen LogP contribution in [0.2, 0.25) is 0 Å². The van der Waals surface area contributed by atoms with Crippen LogP contribution in [0.15, 0.2) is 70.3 Å². The molecule has 1 N–H and O–H groups in total. The molecule has 0 aliphatic rings. The fourth-order valence-electron chi connectivity index (χ4n) is 2.91. The molecule has 1 amide bonds. The van der Waals surface area contributed by atoms with E-state index in [0.29, 0.717) is 23.0 Å². The van der Waals surface area contributed by atoms with Gasteiger partial charge in [0.25, 0.3) is 0 Å². The van der Waals surface area contributed by atoms with E-state index < -0.39 is 0 Å². The summed E-state index contributed by atoms with van der Waals surface area (Å²) in [5.74, 6) is 1.78. The Labute approximate surface area is 172 Å². The first-order valence-corrected chi connectivity index (χ1v) is 10.0. The first-order valence-electron chi connectivity index (χ1n) is 9.02. The van der Waals surface area contributed by atoms with Gasteiger partial charge >= 0.3 is 0 Å². The van der Waals surface area contributed by atoms with Crippen LogP contribution in [0.1, 0.15) is 5.56 Å². The Morgan fingerprint density at radius 2 is 2.00 bits per heavy atom. The number of thioether (sulfide) groups is 1. The summed E-state index contributed by atoms with van der Waals surface area (Å²) >= 11 is 1.36. The first-order chi connectivity index (χ1) is 14.1. The van der Waals surface area contributed by atoms with Crippen molar-refractivity contribution in [1.29, 1.82) is 0 Å². The summed E-state index contributed by atoms with van der Waals surface area (Å²) in [5, 5.41) is 4.54. The number of aromatic nitrogens is 2. The molecule has 0 atom stereocenters. The quantitative estimate of drug-likeness (QED) is 0.362. The summed E-state index contributed by atoms with van der Waals surface area (Å²) < 4.78 is 10.8. The SMILES string of the molecule is COc1ccc(C)cc1NC(=O)CSc1nc(-c2ccco2)nc2ccccc12. The van der Waals surface area contributed by atoms with E-state index in [1.165, 1.54) is 11.8 Å². The summed E-state index contributed by atoms with van der Waals surface area (Å²) in [6.45, 7) is 1.97. The lowest BCUT2D eigenvalue weighted by Gasteiger charge is -2.11. The Balaban J connectivity index is 1.56. The maximum atomic E-state index is 12.6. The van der Waals surface area contributed by atoms with Crippen LogP contribution in [0.5, 0.6) is 5.75 Å². The molecule has 0 saturated heterocycles. The molecule has 0 bridgehead atoms. The fraction of sp³-hybridized carbons (Fsp3) is 0.136. The zero-order valence-corrected chi connectivity index (χ0v) is 16.8. The van der Waals surface area contributed by atoms with Gasteiger partial charge in [-0.15, -0.1) is 0 Å². The molecule has 0 saturated carbocycles. The smallest absolute Gasteiger partial charge is 0.234 e. The summed E-state index contributed by atoms with van der Waals surface area (Å²) in [4.78, 5) is 21.8. The number of para-hydroxylation sites is 1. The summed E-state index contributed by atoms with van der Waals surface area (Å²) in [6, 6.07) is 17.0. The Kier molecular flexibility index (Phi) is 5.48. The van der Waals surface area contributed by atoms with Crippen LogP contribution in [0.25, 0.3) is 22.5 Å². The van der Waals surface area contributed by atoms with E-state index in [4.69, 9.17) is 9.15 Å². The van der Waals surface area contributed by atoms with Crippen molar-refractivity contribution in [1.82, 2.24) is 9.97 Å². The van der Waals surface area contributed by atoms with Crippen molar-refractivity contribution in [2.45, 2.75) is 11.9 Å². The lowest BCUT2D eigenvalue weighted by Crippen LogP contribution is -2.15. The first kappa shape index (κ1) is 19.0. The predicted molar refractivity (Wildman–Crippen MR) is 114 cm³/mol. The zero-order valence-electron chi connectivity index (χ0n) is 16.0. The minimum atomic E-state index is -0.138. The average Bonchev–Trinajstić information content (AvgIpc) is 3.27. The number of carbonyl (C=O) groups excluding carboxylic acids is 1. The van der Waals surface area contributed by atoms with Crippen LogP contribution in [-0.4, -0.2) is 28.7 Å². The lowest BCUT2D eigenvalue weighted by atomic mass is 10.2. The lowest BCUT2D eigenvalue weighted by molar-refractivity contribution is -0.113. The zero-order chi connectivity index (χ0) is 20.2. The average molecular weight is 405 g/mol. The molecule has 7 heteroatoms. The van der Waals surface area contributed by atoms with Crippen molar-refractivity contribution >= 4 is 34.3 Å². The van der Waals surface area contributed by atoms with Crippen LogP contribution in [0, 0.1) is 6.92 Å². The molecule has 2 heterocycles. The molecule has 0 aliphatic carbocycles. The number of ether oxygens (including phenoxy) is 1. The standard InChI is InChI=1S/C22H19N3O3S/c1-14-9-10-18(27-2)17(12-14)23-20(26)13-29-22-15-6-3-4-7-16(15)24-21(25-22)19-8-5-11-28-19/h3-12H,13H2,1-2H3,(H,23,26). The Bertz CT molecular complexity index is 1160. The van der Waals surface area contributed by atoms with Gasteiger partial charge in [0.05, 0.1) is 30.3 Å². The molecule has 0 spiro atoms. The van der Waals surface area contributed by atoms with Gasteiger partial charge in [0.1, 0.15) is 10.8 Å². The fourth-order valence-corrected chi connectivity index (χ4v) is 3.73. The molecule has 0 aliphatic heterocycles. The van der Waals surface area contributed by atoms with Gasteiger partial charge in [-0.25, -0.2) is 9.97 Å². The van der Waals surface area contributed by atoms with E-state index >= 15 is 0 Å². The van der Waals surface area contributed by atoms with Gasteiger partial charge in [-0.2, -0.15) is 0 Å². The molecule has 146 valence electrons. The van der Waals surface area contributed by atoms with Gasteiger partial charge in [0, 0.05) is 5.39 Å². The van der Waals surface area contributed by atoms with Crippen molar-refractivity contribution in [3.05, 3.63) is 66.4 Å². The van der Waals surface area contributed by atoms with E-state index in [-0.39, 0.29) is 11.7 Å². The molecule has 4 aromatic rings. The molecule has 6 nitrogen and oxygen atoms in total. The van der Waals surface area contributed by atoms with Crippen molar-refractivity contribution in [3.63, 3.8) is 0 Å². The third-order valence-corrected chi connectivity index (χ3v) is 5.27. The normalized spacial score (nSPS) is 10.8. The minimum absolute atomic E-state index is 0.138. The molecular weight excluding hydrogens is 386 g/mol. The second kappa shape index (κ2) is 8.36. The number of methoxy groups -OCH3 is 1. The van der Waals surface area contributed by atoms with Crippen molar-refractivity contribution in [2.75, 3.05) is 18.2 Å². The van der Waals surface area contributed by atoms with Crippen LogP contribution in [-0.2, 0) is 4.79 Å². The largest absolute Gasteiger partial charge is 0.495 e. The van der Waals surface area contributed by atoms with Gasteiger partial charge in [-0.1, -0.05) is 36.0 Å². The summed E-state index contributed by atoms with van der Waals surface area (Å²) in [6.07, 6.45) is 1.59. The van der Waals surface area contributed by atoms with E-state index in [1.54, 1.807) is 19.4 Å². The Morgan fingerprint density at radius 3 is 2.79 bits per heavy atom. The van der Waals surface area contributed by atoms with Crippen LogP contribution in [0.4, 0.5) is 5.69 Å². The summed E-state index contributed by atoms with van der Waals surface area (Å²) in [5.41, 5.74) is 2.50. The topological polar surface area (TPSA) is 77.2 Å². The number of fused-ring (bicyclic) bond motifs is 1. The number of nitrogens with zero attached hydrogens (tertiary/aromatic N) is 2. The van der Waals surface area contributed by atoms with Crippen molar-refractivity contribution in [3.8, 4) is 17.3 Å². The number of hydrogen-bond acceptors (Lipinski definition) is 6. The van der Waals surface area contributed by atoms with Gasteiger partial charge in [0.2, 0.25) is 5.91 Å². The number of benzene rings is 2. The van der Waals surface area contributed by atoms with E-state index in [0.717, 1.165) is 21.5 Å². The highest BCUT2D eigenvalue weighted by Crippen LogP contribution is 2.29. The summed E-state index contributed by atoms with van der Waals surface area (Å²) in [7, 11) is 1.58. The third kappa shape index (κ3) is 4.25. The number of aryl methyl sites for hydroxylation is 1. The van der Waals surface area contributed by atoms with Gasteiger partial charge in [0.15, 0.2) is 11.6 Å². The number of hydrogen-bond donors (Lipinski definition) is 1. The Hall–Kier alpha value is -3.32. The predicted octanol–water partition coefficient (Wildman–Crippen LogP) is 4.94. The number of furan rings is 1. The molecular formula is C22H19N3O3S. The molecule has 4 rings (SSSR count). The van der Waals surface area contributed by atoms with E-state index in [9.17, 15) is 4.79 Å². The van der Waals surface area contributed by atoms with Crippen molar-refractivity contribution in [2.24, 2.45) is 0 Å². The van der Waals surface area contributed by atoms with Crippen molar-refractivity contribution < 1.29 is 13.9 Å².